The largest absolute Gasteiger partial charge is 0.647 e. The Balaban J connectivity index is 1.86. The normalized spacial score (nSPS) is 15.5. The molecule has 188 valence electrons. The fourth-order valence-corrected chi connectivity index (χ4v) is 4.97. The summed E-state index contributed by atoms with van der Waals surface area (Å²) in [6.07, 6.45) is 3.14. The number of benzene rings is 3. The summed E-state index contributed by atoms with van der Waals surface area (Å²) in [6.45, 7) is 13.0. The van der Waals surface area contributed by atoms with E-state index >= 15 is 0 Å². The van der Waals surface area contributed by atoms with Gasteiger partial charge in [-0.2, -0.15) is 4.57 Å². The van der Waals surface area contributed by atoms with Gasteiger partial charge in [0.2, 0.25) is 0 Å². The zero-order valence-electron chi connectivity index (χ0n) is 21.9. The molecule has 3 atom stereocenters. The van der Waals surface area contributed by atoms with Crippen molar-refractivity contribution in [2.24, 2.45) is 0 Å². The quantitative estimate of drug-likeness (QED) is 0.235. The molecule has 0 saturated heterocycles. The minimum Gasteiger partial charge on any atom is -0.386 e. The van der Waals surface area contributed by atoms with Crippen molar-refractivity contribution in [1.82, 2.24) is 0 Å². The van der Waals surface area contributed by atoms with Crippen molar-refractivity contribution in [1.29, 1.82) is 0 Å². The van der Waals surface area contributed by atoms with Crippen molar-refractivity contribution >= 4 is 7.82 Å². The molecule has 3 rings (SSSR count). The molecule has 0 radical (unpaired) electrons. The number of hydrogen-bond acceptors (Lipinski definition) is 4. The summed E-state index contributed by atoms with van der Waals surface area (Å²) in [5.74, 6) is 2.64. The lowest BCUT2D eigenvalue weighted by Gasteiger charge is -2.20. The highest BCUT2D eigenvalue weighted by Gasteiger charge is 2.33. The number of phosphoric acid groups is 1. The Labute approximate surface area is 211 Å². The van der Waals surface area contributed by atoms with Gasteiger partial charge in [0.1, 0.15) is 17.2 Å². The average Bonchev–Trinajstić information content (AvgIpc) is 2.88. The van der Waals surface area contributed by atoms with Crippen LogP contribution in [0.4, 0.5) is 0 Å². The first-order valence-electron chi connectivity index (χ1n) is 12.8. The van der Waals surface area contributed by atoms with Crippen LogP contribution in [0.5, 0.6) is 17.2 Å². The highest BCUT2D eigenvalue weighted by Crippen LogP contribution is 2.50. The van der Waals surface area contributed by atoms with E-state index in [0.29, 0.717) is 35.0 Å². The van der Waals surface area contributed by atoms with E-state index in [1.165, 1.54) is 16.7 Å². The van der Waals surface area contributed by atoms with Crippen LogP contribution in [0.2, 0.25) is 0 Å². The molecule has 0 amide bonds. The SMILES string of the molecule is CCC(C)c1ccc(OP(=O)(Oc2ccc(C(C)CC)cc2)Oc2ccc(C(C)CC)cc2)cc1. The van der Waals surface area contributed by atoms with Gasteiger partial charge in [-0.25, -0.2) is 0 Å². The van der Waals surface area contributed by atoms with E-state index in [4.69, 9.17) is 13.6 Å². The Morgan fingerprint density at radius 1 is 0.514 bits per heavy atom. The van der Waals surface area contributed by atoms with Gasteiger partial charge >= 0.3 is 7.82 Å². The third-order valence-corrected chi connectivity index (χ3v) is 8.14. The number of rotatable bonds is 12. The molecule has 0 heterocycles. The smallest absolute Gasteiger partial charge is 0.386 e. The molecule has 0 aliphatic heterocycles. The Morgan fingerprint density at radius 3 is 0.943 bits per heavy atom. The molecule has 3 unspecified atom stereocenters. The summed E-state index contributed by atoms with van der Waals surface area (Å²) in [6, 6.07) is 22.9. The summed E-state index contributed by atoms with van der Waals surface area (Å²) >= 11 is 0. The van der Waals surface area contributed by atoms with Crippen molar-refractivity contribution in [3.8, 4) is 17.2 Å². The van der Waals surface area contributed by atoms with Gasteiger partial charge in [0.05, 0.1) is 0 Å². The van der Waals surface area contributed by atoms with Crippen LogP contribution in [0.1, 0.15) is 95.2 Å². The van der Waals surface area contributed by atoms with Crippen LogP contribution in [-0.4, -0.2) is 0 Å². The second-order valence-corrected chi connectivity index (χ2v) is 10.8. The van der Waals surface area contributed by atoms with Crippen molar-refractivity contribution < 1.29 is 18.1 Å². The van der Waals surface area contributed by atoms with Crippen LogP contribution >= 0.6 is 7.82 Å². The van der Waals surface area contributed by atoms with Crippen LogP contribution in [-0.2, 0) is 4.57 Å². The predicted molar refractivity (Wildman–Crippen MR) is 145 cm³/mol. The minimum absolute atomic E-state index is 0.438. The summed E-state index contributed by atoms with van der Waals surface area (Å²) < 4.78 is 31.5. The van der Waals surface area contributed by atoms with Gasteiger partial charge in [0.25, 0.3) is 0 Å². The maximum Gasteiger partial charge on any atom is 0.647 e. The summed E-state index contributed by atoms with van der Waals surface area (Å²) in [5, 5.41) is 0. The van der Waals surface area contributed by atoms with E-state index in [2.05, 4.69) is 41.5 Å². The molecule has 35 heavy (non-hydrogen) atoms. The summed E-state index contributed by atoms with van der Waals surface area (Å²) in [5.41, 5.74) is 3.62. The fourth-order valence-electron chi connectivity index (χ4n) is 3.72. The molecule has 0 saturated carbocycles. The van der Waals surface area contributed by atoms with Gasteiger partial charge in [0.15, 0.2) is 0 Å². The van der Waals surface area contributed by atoms with Crippen LogP contribution in [0.25, 0.3) is 0 Å². The maximum absolute atomic E-state index is 13.9. The Hall–Kier alpha value is -2.71. The predicted octanol–water partition coefficient (Wildman–Crippen LogP) is 9.87. The maximum atomic E-state index is 13.9. The molecular weight excluding hydrogens is 455 g/mol. The first-order chi connectivity index (χ1) is 16.8. The van der Waals surface area contributed by atoms with E-state index in [1.807, 2.05) is 72.8 Å². The Bertz CT molecular complexity index is 949. The second kappa shape index (κ2) is 12.3. The standard InChI is InChI=1S/C30H39O4P/c1-7-22(4)25-10-16-28(17-11-25)32-35(31,33-29-18-12-26(13-19-29)23(5)8-2)34-30-20-14-27(15-21-30)24(6)9-3/h10-24H,7-9H2,1-6H3. The molecule has 3 aromatic rings. The topological polar surface area (TPSA) is 44.8 Å². The van der Waals surface area contributed by atoms with Crippen molar-refractivity contribution in [2.75, 3.05) is 0 Å². The van der Waals surface area contributed by atoms with E-state index < -0.39 is 7.82 Å². The Kier molecular flexibility index (Phi) is 9.46. The van der Waals surface area contributed by atoms with E-state index in [9.17, 15) is 4.57 Å². The van der Waals surface area contributed by atoms with Gasteiger partial charge in [-0.05, 0) is 90.1 Å². The third kappa shape index (κ3) is 7.39. The van der Waals surface area contributed by atoms with Gasteiger partial charge in [-0.1, -0.05) is 77.9 Å². The monoisotopic (exact) mass is 494 g/mol. The first kappa shape index (κ1) is 26.9. The second-order valence-electron chi connectivity index (χ2n) is 9.36. The van der Waals surface area contributed by atoms with Crippen LogP contribution in [0.3, 0.4) is 0 Å². The lowest BCUT2D eigenvalue weighted by Crippen LogP contribution is -2.08. The molecule has 0 fully saturated rings. The molecule has 0 aliphatic carbocycles. The molecule has 0 bridgehead atoms. The van der Waals surface area contributed by atoms with E-state index in [0.717, 1.165) is 19.3 Å². The molecule has 5 heteroatoms. The van der Waals surface area contributed by atoms with Crippen LogP contribution in [0, 0.1) is 0 Å². The molecule has 3 aromatic carbocycles. The van der Waals surface area contributed by atoms with E-state index in [-0.39, 0.29) is 0 Å². The minimum atomic E-state index is -4.02. The number of hydrogen-bond donors (Lipinski definition) is 0. The lowest BCUT2D eigenvalue weighted by atomic mass is 9.99. The van der Waals surface area contributed by atoms with Gasteiger partial charge in [-0.3, -0.25) is 0 Å². The molecule has 0 N–H and O–H groups in total. The summed E-state index contributed by atoms with van der Waals surface area (Å²) in [4.78, 5) is 0. The van der Waals surface area contributed by atoms with Gasteiger partial charge in [0, 0.05) is 0 Å². The summed E-state index contributed by atoms with van der Waals surface area (Å²) in [7, 11) is -4.02. The van der Waals surface area contributed by atoms with Crippen molar-refractivity contribution in [3.63, 3.8) is 0 Å². The Morgan fingerprint density at radius 2 is 0.743 bits per heavy atom. The number of phosphoric ester groups is 1. The van der Waals surface area contributed by atoms with Gasteiger partial charge in [-0.15, -0.1) is 0 Å². The molecule has 0 aromatic heterocycles. The van der Waals surface area contributed by atoms with Gasteiger partial charge < -0.3 is 13.6 Å². The molecule has 0 spiro atoms. The third-order valence-electron chi connectivity index (χ3n) is 6.84. The molecule has 4 nitrogen and oxygen atoms in total. The highest BCUT2D eigenvalue weighted by atomic mass is 31.2. The lowest BCUT2D eigenvalue weighted by molar-refractivity contribution is 0.298. The van der Waals surface area contributed by atoms with E-state index in [1.54, 1.807) is 0 Å². The highest BCUT2D eigenvalue weighted by molar-refractivity contribution is 7.49. The fraction of sp³-hybridized carbons (Fsp3) is 0.400. The van der Waals surface area contributed by atoms with Crippen LogP contribution in [0.15, 0.2) is 72.8 Å². The average molecular weight is 495 g/mol. The zero-order chi connectivity index (χ0) is 25.4. The molecular formula is C30H39O4P. The first-order valence-corrected chi connectivity index (χ1v) is 14.2. The van der Waals surface area contributed by atoms with Crippen LogP contribution < -0.4 is 13.6 Å². The van der Waals surface area contributed by atoms with Crippen molar-refractivity contribution in [3.05, 3.63) is 89.5 Å². The zero-order valence-corrected chi connectivity index (χ0v) is 22.8. The molecule has 0 aliphatic rings. The van der Waals surface area contributed by atoms with Crippen molar-refractivity contribution in [2.45, 2.75) is 78.6 Å².